The molecule has 0 spiro atoms. The van der Waals surface area contributed by atoms with Crippen molar-refractivity contribution < 1.29 is 23.4 Å². The second kappa shape index (κ2) is 6.31. The monoisotopic (exact) mass is 218 g/mol. The molecule has 0 saturated carbocycles. The van der Waals surface area contributed by atoms with Gasteiger partial charge in [-0.15, -0.1) is 0 Å². The van der Waals surface area contributed by atoms with Gasteiger partial charge in [0.15, 0.2) is 17.4 Å². The normalized spacial score (nSPS) is 10.3. The number of halogens is 2. The number of benzene rings is 1. The third kappa shape index (κ3) is 3.81. The fourth-order valence-corrected chi connectivity index (χ4v) is 0.990. The zero-order valence-corrected chi connectivity index (χ0v) is 8.08. The molecule has 0 radical (unpaired) electrons. The summed E-state index contributed by atoms with van der Waals surface area (Å²) in [7, 11) is 0. The fraction of sp³-hybridized carbons (Fsp3) is 0.400. The summed E-state index contributed by atoms with van der Waals surface area (Å²) in [5.41, 5.74) is 0. The summed E-state index contributed by atoms with van der Waals surface area (Å²) in [4.78, 5) is 0. The third-order valence-corrected chi connectivity index (χ3v) is 1.63. The lowest BCUT2D eigenvalue weighted by atomic mass is 10.3. The molecule has 0 aliphatic rings. The van der Waals surface area contributed by atoms with Crippen LogP contribution in [-0.4, -0.2) is 31.5 Å². The molecule has 1 N–H and O–H groups in total. The second-order valence-electron chi connectivity index (χ2n) is 2.74. The molecule has 3 nitrogen and oxygen atoms in total. The summed E-state index contributed by atoms with van der Waals surface area (Å²) in [5, 5.41) is 8.39. The number of ether oxygens (including phenoxy) is 2. The predicted molar refractivity (Wildman–Crippen MR) is 49.8 cm³/mol. The Hall–Kier alpha value is -1.20. The molecule has 0 atom stereocenters. The summed E-state index contributed by atoms with van der Waals surface area (Å²) in [5.74, 6) is -1.88. The second-order valence-corrected chi connectivity index (χ2v) is 2.74. The first-order valence-electron chi connectivity index (χ1n) is 4.51. The maximum atomic E-state index is 13.0. The van der Waals surface area contributed by atoms with E-state index in [2.05, 4.69) is 0 Å². The molecule has 1 rings (SSSR count). The Bertz CT molecular complexity index is 284. The van der Waals surface area contributed by atoms with E-state index in [0.717, 1.165) is 12.1 Å². The van der Waals surface area contributed by atoms with E-state index >= 15 is 0 Å². The van der Waals surface area contributed by atoms with Gasteiger partial charge in [-0.05, 0) is 12.1 Å². The highest BCUT2D eigenvalue weighted by Gasteiger charge is 2.08. The van der Waals surface area contributed by atoms with Gasteiger partial charge in [0.25, 0.3) is 0 Å². The molecule has 0 heterocycles. The van der Waals surface area contributed by atoms with Crippen LogP contribution in [0, 0.1) is 11.6 Å². The molecule has 84 valence electrons. The topological polar surface area (TPSA) is 38.7 Å². The largest absolute Gasteiger partial charge is 0.485 e. The Labute approximate surface area is 86.2 Å². The van der Waals surface area contributed by atoms with Crippen LogP contribution in [0.25, 0.3) is 0 Å². The number of para-hydroxylation sites is 1. The van der Waals surface area contributed by atoms with Crippen LogP contribution in [0.4, 0.5) is 8.78 Å². The molecule has 0 saturated heterocycles. The highest BCUT2D eigenvalue weighted by atomic mass is 19.1. The minimum absolute atomic E-state index is 0.0395. The van der Waals surface area contributed by atoms with Crippen LogP contribution < -0.4 is 4.74 Å². The van der Waals surface area contributed by atoms with E-state index in [-0.39, 0.29) is 26.4 Å². The molecular weight excluding hydrogens is 206 g/mol. The number of aliphatic hydroxyl groups is 1. The first-order valence-corrected chi connectivity index (χ1v) is 4.51. The van der Waals surface area contributed by atoms with Crippen LogP contribution in [0.2, 0.25) is 0 Å². The maximum Gasteiger partial charge on any atom is 0.190 e. The summed E-state index contributed by atoms with van der Waals surface area (Å²) < 4.78 is 35.7. The first-order chi connectivity index (χ1) is 7.25. The number of aliphatic hydroxyl groups excluding tert-OH is 1. The molecular formula is C10H12F2O3. The van der Waals surface area contributed by atoms with Gasteiger partial charge in [0.2, 0.25) is 0 Å². The molecule has 0 aromatic heterocycles. The molecule has 0 aliphatic heterocycles. The molecule has 1 aromatic carbocycles. The summed E-state index contributed by atoms with van der Waals surface area (Å²) >= 11 is 0. The third-order valence-electron chi connectivity index (χ3n) is 1.63. The number of rotatable bonds is 6. The lowest BCUT2D eigenvalue weighted by molar-refractivity contribution is 0.0686. The van der Waals surface area contributed by atoms with Crippen LogP contribution >= 0.6 is 0 Å². The van der Waals surface area contributed by atoms with Crippen LogP contribution in [0.5, 0.6) is 5.75 Å². The Morgan fingerprint density at radius 3 is 2.33 bits per heavy atom. The van der Waals surface area contributed by atoms with Crippen LogP contribution in [-0.2, 0) is 4.74 Å². The predicted octanol–water partition coefficient (Wildman–Crippen LogP) is 1.35. The standard InChI is InChI=1S/C10H12F2O3/c11-8-2-1-3-9(12)10(8)15-7-6-14-5-4-13/h1-3,13H,4-7H2. The van der Waals surface area contributed by atoms with E-state index in [1.54, 1.807) is 0 Å². The zero-order chi connectivity index (χ0) is 11.1. The molecule has 0 fully saturated rings. The minimum atomic E-state index is -0.739. The van der Waals surface area contributed by atoms with Crippen molar-refractivity contribution in [2.45, 2.75) is 0 Å². The van der Waals surface area contributed by atoms with Gasteiger partial charge in [-0.25, -0.2) is 8.78 Å². The molecule has 0 bridgehead atoms. The molecule has 5 heteroatoms. The Morgan fingerprint density at radius 2 is 1.73 bits per heavy atom. The molecule has 1 aromatic rings. The van der Waals surface area contributed by atoms with Gasteiger partial charge in [0.1, 0.15) is 6.61 Å². The smallest absolute Gasteiger partial charge is 0.190 e. The Morgan fingerprint density at radius 1 is 1.07 bits per heavy atom. The van der Waals surface area contributed by atoms with Crippen molar-refractivity contribution in [2.24, 2.45) is 0 Å². The van der Waals surface area contributed by atoms with Crippen LogP contribution in [0.15, 0.2) is 18.2 Å². The lowest BCUT2D eigenvalue weighted by Gasteiger charge is -2.07. The zero-order valence-electron chi connectivity index (χ0n) is 8.08. The van der Waals surface area contributed by atoms with Crippen molar-refractivity contribution in [3.05, 3.63) is 29.8 Å². The highest BCUT2D eigenvalue weighted by Crippen LogP contribution is 2.20. The Balaban J connectivity index is 2.37. The average Bonchev–Trinajstić information content (AvgIpc) is 2.21. The van der Waals surface area contributed by atoms with Crippen molar-refractivity contribution in [1.82, 2.24) is 0 Å². The maximum absolute atomic E-state index is 13.0. The molecule has 15 heavy (non-hydrogen) atoms. The number of hydrogen-bond acceptors (Lipinski definition) is 3. The van der Waals surface area contributed by atoms with Gasteiger partial charge in [-0.1, -0.05) is 6.07 Å². The molecule has 0 amide bonds. The van der Waals surface area contributed by atoms with Gasteiger partial charge in [-0.2, -0.15) is 0 Å². The Kier molecular flexibility index (Phi) is 5.00. The number of hydrogen-bond donors (Lipinski definition) is 1. The van der Waals surface area contributed by atoms with Crippen molar-refractivity contribution >= 4 is 0 Å². The quantitative estimate of drug-likeness (QED) is 0.732. The average molecular weight is 218 g/mol. The van der Waals surface area contributed by atoms with Gasteiger partial charge in [-0.3, -0.25) is 0 Å². The van der Waals surface area contributed by atoms with Crippen molar-refractivity contribution in [2.75, 3.05) is 26.4 Å². The lowest BCUT2D eigenvalue weighted by Crippen LogP contribution is -2.10. The SMILES string of the molecule is OCCOCCOc1c(F)cccc1F. The van der Waals surface area contributed by atoms with Crippen LogP contribution in [0.1, 0.15) is 0 Å². The van der Waals surface area contributed by atoms with Gasteiger partial charge in [0, 0.05) is 0 Å². The van der Waals surface area contributed by atoms with E-state index in [1.807, 2.05) is 0 Å². The van der Waals surface area contributed by atoms with Crippen LogP contribution in [0.3, 0.4) is 0 Å². The summed E-state index contributed by atoms with van der Waals surface area (Å²) in [6.45, 7) is 0.309. The van der Waals surface area contributed by atoms with E-state index in [4.69, 9.17) is 14.6 Å². The molecule has 0 unspecified atom stereocenters. The van der Waals surface area contributed by atoms with Gasteiger partial charge >= 0.3 is 0 Å². The minimum Gasteiger partial charge on any atom is -0.485 e. The summed E-state index contributed by atoms with van der Waals surface area (Å²) in [6, 6.07) is 3.50. The van der Waals surface area contributed by atoms with E-state index in [9.17, 15) is 8.78 Å². The van der Waals surface area contributed by atoms with Gasteiger partial charge < -0.3 is 14.6 Å². The van der Waals surface area contributed by atoms with Crippen molar-refractivity contribution in [3.63, 3.8) is 0 Å². The van der Waals surface area contributed by atoms with E-state index < -0.39 is 17.4 Å². The van der Waals surface area contributed by atoms with E-state index in [1.165, 1.54) is 6.07 Å². The van der Waals surface area contributed by atoms with E-state index in [0.29, 0.717) is 0 Å². The van der Waals surface area contributed by atoms with Crippen molar-refractivity contribution in [1.29, 1.82) is 0 Å². The molecule has 0 aliphatic carbocycles. The van der Waals surface area contributed by atoms with Gasteiger partial charge in [0.05, 0.1) is 19.8 Å². The summed E-state index contributed by atoms with van der Waals surface area (Å²) in [6.07, 6.45) is 0. The highest BCUT2D eigenvalue weighted by molar-refractivity contribution is 5.25. The first kappa shape index (κ1) is 11.9. The van der Waals surface area contributed by atoms with Crippen molar-refractivity contribution in [3.8, 4) is 5.75 Å². The fourth-order valence-electron chi connectivity index (χ4n) is 0.990.